The number of nitrogens with zero attached hydrogens (tertiary/aromatic N) is 7. The third-order valence-electron chi connectivity index (χ3n) is 9.25. The molecule has 0 unspecified atom stereocenters. The molecule has 5 heterocycles. The van der Waals surface area contributed by atoms with E-state index in [0.29, 0.717) is 13.0 Å². The quantitative estimate of drug-likeness (QED) is 0.278. The summed E-state index contributed by atoms with van der Waals surface area (Å²) in [6.07, 6.45) is 1.80. The van der Waals surface area contributed by atoms with Gasteiger partial charge < -0.3 is 25.0 Å². The number of nitrogen functional groups attached to an aromatic ring is 1. The molecule has 11 nitrogen and oxygen atoms in total. The van der Waals surface area contributed by atoms with E-state index < -0.39 is 23.8 Å². The molecule has 0 aliphatic carbocycles. The number of amides is 2. The van der Waals surface area contributed by atoms with Gasteiger partial charge in [-0.05, 0) is 57.5 Å². The summed E-state index contributed by atoms with van der Waals surface area (Å²) in [7, 11) is 2.01. The lowest BCUT2D eigenvalue weighted by Crippen LogP contribution is -2.63. The van der Waals surface area contributed by atoms with Crippen LogP contribution in [-0.4, -0.2) is 88.2 Å². The van der Waals surface area contributed by atoms with Crippen molar-refractivity contribution in [2.24, 2.45) is 0 Å². The summed E-state index contributed by atoms with van der Waals surface area (Å²) in [5.74, 6) is -1.39. The molecule has 242 valence electrons. The molecule has 2 aromatic heterocycles. The van der Waals surface area contributed by atoms with Crippen LogP contribution in [-0.2, 0) is 0 Å². The van der Waals surface area contributed by atoms with Gasteiger partial charge in [0.1, 0.15) is 40.7 Å². The first-order valence-electron chi connectivity index (χ1n) is 15.2. The number of hydrogen-bond donors (Lipinski definition) is 1. The highest BCUT2D eigenvalue weighted by Crippen LogP contribution is 2.46. The Bertz CT molecular complexity index is 2020. The van der Waals surface area contributed by atoms with Crippen molar-refractivity contribution < 1.29 is 23.0 Å². The third kappa shape index (κ3) is 5.21. The number of thiophene rings is 1. The Balaban J connectivity index is 1.29. The minimum absolute atomic E-state index is 0.0296. The molecule has 0 radical (unpaired) electrons. The first-order valence-corrected chi connectivity index (χ1v) is 16.4. The van der Waals surface area contributed by atoms with Crippen LogP contribution in [0.4, 0.5) is 18.6 Å². The average Bonchev–Trinajstić information content (AvgIpc) is 3.58. The van der Waals surface area contributed by atoms with Gasteiger partial charge in [-0.15, -0.1) is 11.3 Å². The number of benzene rings is 2. The van der Waals surface area contributed by atoms with Crippen LogP contribution in [0.15, 0.2) is 18.2 Å². The number of nitrogens with two attached hydrogens (primary N) is 1. The lowest BCUT2D eigenvalue weighted by Gasteiger charge is -2.45. The fourth-order valence-corrected chi connectivity index (χ4v) is 7.82. The molecule has 2 amide bonds. The molecule has 0 bridgehead atoms. The Hall–Kier alpha value is -4.50. The van der Waals surface area contributed by atoms with Crippen molar-refractivity contribution >= 4 is 55.0 Å². The molecule has 47 heavy (non-hydrogen) atoms. The maximum absolute atomic E-state index is 16.8. The van der Waals surface area contributed by atoms with Crippen LogP contribution in [0.3, 0.4) is 0 Å². The summed E-state index contributed by atoms with van der Waals surface area (Å²) >= 11 is 7.64. The fourth-order valence-electron chi connectivity index (χ4n) is 6.58. The van der Waals surface area contributed by atoms with Crippen molar-refractivity contribution in [3.63, 3.8) is 0 Å². The van der Waals surface area contributed by atoms with E-state index in [0.717, 1.165) is 30.7 Å². The lowest BCUT2D eigenvalue weighted by molar-refractivity contribution is 0.0159. The zero-order chi connectivity index (χ0) is 33.1. The van der Waals surface area contributed by atoms with E-state index in [-0.39, 0.29) is 90.9 Å². The van der Waals surface area contributed by atoms with Crippen LogP contribution in [0.1, 0.15) is 31.7 Å². The van der Waals surface area contributed by atoms with E-state index in [9.17, 15) is 19.7 Å². The van der Waals surface area contributed by atoms with Crippen LogP contribution in [0.25, 0.3) is 32.1 Å². The minimum atomic E-state index is -0.831. The molecular formula is C32H29ClF2N8O3S. The normalized spacial score (nSPS) is 20.5. The molecule has 3 fully saturated rings. The molecule has 0 spiro atoms. The van der Waals surface area contributed by atoms with Crippen LogP contribution in [0.2, 0.25) is 5.02 Å². The summed E-state index contributed by atoms with van der Waals surface area (Å²) in [4.78, 5) is 27.1. The fraction of sp³-hybridized carbons (Fsp3) is 0.406. The Morgan fingerprint density at radius 1 is 1.21 bits per heavy atom. The lowest BCUT2D eigenvalue weighted by atomic mass is 9.97. The van der Waals surface area contributed by atoms with Gasteiger partial charge in [0, 0.05) is 23.5 Å². The van der Waals surface area contributed by atoms with Crippen molar-refractivity contribution in [3.05, 3.63) is 40.4 Å². The topological polar surface area (TPSA) is 145 Å². The smallest absolute Gasteiger partial charge is 0.321 e. The van der Waals surface area contributed by atoms with Gasteiger partial charge in [0.25, 0.3) is 0 Å². The minimum Gasteiger partial charge on any atom is -0.470 e. The Morgan fingerprint density at radius 3 is 2.66 bits per heavy atom. The van der Waals surface area contributed by atoms with Crippen molar-refractivity contribution in [2.45, 2.75) is 50.5 Å². The van der Waals surface area contributed by atoms with Gasteiger partial charge in [-0.25, -0.2) is 13.6 Å². The van der Waals surface area contributed by atoms with E-state index in [4.69, 9.17) is 26.8 Å². The number of fused-ring (bicyclic) bond motifs is 2. The standard InChI is InChI=1S/C32H29ClF2N8O3S/c1-15(23-4-3-8-41(23)2)45-31-39-27-19(30(40-31)46-17-13-42(14-17)32(44)43-9-7-16(43)11-36)10-21(33)25(26(27)35)18-5-6-22(34)28-24(18)20(12-37)29(38)47-28/h5-6,10,15-17,23H,3-4,7-9,13-14,38H2,1-2H3/t15-,16-,23-/m0/s1. The van der Waals surface area contributed by atoms with Gasteiger partial charge in [-0.2, -0.15) is 20.5 Å². The van der Waals surface area contributed by atoms with Crippen molar-refractivity contribution in [2.75, 3.05) is 39.0 Å². The van der Waals surface area contributed by atoms with Crippen molar-refractivity contribution in [3.8, 4) is 35.2 Å². The highest BCUT2D eigenvalue weighted by molar-refractivity contribution is 7.23. The molecule has 3 saturated heterocycles. The molecule has 3 atom stereocenters. The summed E-state index contributed by atoms with van der Waals surface area (Å²) in [5.41, 5.74) is 6.03. The van der Waals surface area contributed by atoms with E-state index >= 15 is 4.39 Å². The number of anilines is 1. The second-order valence-electron chi connectivity index (χ2n) is 12.1. The number of aromatic nitrogens is 2. The molecule has 3 aliphatic heterocycles. The SMILES string of the molecule is C[C@H](Oc1nc(OC2CN(C(=O)N3CC[C@H]3C#N)C2)c2cc(Cl)c(-c3ccc(F)c4sc(N)c(C#N)c34)c(F)c2n1)[C@@H]1CCCN1C. The third-order valence-corrected chi connectivity index (χ3v) is 10.6. The Labute approximate surface area is 277 Å². The molecule has 4 aromatic rings. The summed E-state index contributed by atoms with van der Waals surface area (Å²) < 4.78 is 44.1. The maximum Gasteiger partial charge on any atom is 0.321 e. The number of carbonyl (C=O) groups excluding carboxylic acids is 1. The molecule has 7 rings (SSSR count). The van der Waals surface area contributed by atoms with E-state index in [1.165, 1.54) is 23.1 Å². The molecule has 2 aromatic carbocycles. The van der Waals surface area contributed by atoms with E-state index in [1.54, 1.807) is 4.90 Å². The van der Waals surface area contributed by atoms with Gasteiger partial charge in [0.05, 0.1) is 39.8 Å². The second-order valence-corrected chi connectivity index (χ2v) is 13.5. The number of likely N-dealkylation sites (tertiary alicyclic amines) is 3. The van der Waals surface area contributed by atoms with Crippen LogP contribution >= 0.6 is 22.9 Å². The Kier molecular flexibility index (Phi) is 7.91. The maximum atomic E-state index is 16.8. The number of hydrogen-bond acceptors (Lipinski definition) is 10. The number of ether oxygens (including phenoxy) is 2. The number of nitriles is 2. The zero-order valence-electron chi connectivity index (χ0n) is 25.5. The zero-order valence-corrected chi connectivity index (χ0v) is 27.0. The summed E-state index contributed by atoms with van der Waals surface area (Å²) in [6.45, 7) is 3.85. The number of carbonyl (C=O) groups is 1. The monoisotopic (exact) mass is 678 g/mol. The molecule has 0 saturated carbocycles. The molecule has 2 N–H and O–H groups in total. The Morgan fingerprint density at radius 2 is 2.00 bits per heavy atom. The predicted octanol–water partition coefficient (Wildman–Crippen LogP) is 5.54. The van der Waals surface area contributed by atoms with Gasteiger partial charge in [0.2, 0.25) is 5.88 Å². The summed E-state index contributed by atoms with van der Waals surface area (Å²) in [6, 6.07) is 7.49. The van der Waals surface area contributed by atoms with Gasteiger partial charge in [-0.3, -0.25) is 4.90 Å². The van der Waals surface area contributed by atoms with Crippen LogP contribution in [0, 0.1) is 34.3 Å². The van der Waals surface area contributed by atoms with Gasteiger partial charge in [-0.1, -0.05) is 17.7 Å². The second kappa shape index (κ2) is 11.9. The molecular weight excluding hydrogens is 650 g/mol. The first kappa shape index (κ1) is 31.1. The summed E-state index contributed by atoms with van der Waals surface area (Å²) in [5, 5.41) is 19.5. The average molecular weight is 679 g/mol. The molecule has 3 aliphatic rings. The van der Waals surface area contributed by atoms with E-state index in [1.807, 2.05) is 20.0 Å². The van der Waals surface area contributed by atoms with Crippen molar-refractivity contribution in [1.82, 2.24) is 24.7 Å². The highest BCUT2D eigenvalue weighted by atomic mass is 35.5. The first-order chi connectivity index (χ1) is 22.6. The predicted molar refractivity (Wildman–Crippen MR) is 172 cm³/mol. The number of likely N-dealkylation sites (N-methyl/N-ethyl adjacent to an activating group) is 1. The largest absolute Gasteiger partial charge is 0.470 e. The number of urea groups is 1. The molecule has 15 heteroatoms. The van der Waals surface area contributed by atoms with Crippen LogP contribution < -0.4 is 15.2 Å². The highest BCUT2D eigenvalue weighted by Gasteiger charge is 2.41. The van der Waals surface area contributed by atoms with Gasteiger partial charge in [0.15, 0.2) is 5.82 Å². The van der Waals surface area contributed by atoms with Gasteiger partial charge >= 0.3 is 12.0 Å². The number of halogens is 3. The van der Waals surface area contributed by atoms with Crippen LogP contribution in [0.5, 0.6) is 11.9 Å². The number of rotatable bonds is 6. The van der Waals surface area contributed by atoms with Crippen molar-refractivity contribution in [1.29, 1.82) is 10.5 Å². The van der Waals surface area contributed by atoms with E-state index in [2.05, 4.69) is 20.9 Å².